The minimum atomic E-state index is 0.630. The van der Waals surface area contributed by atoms with E-state index >= 15 is 0 Å². The molecule has 0 aliphatic heterocycles. The van der Waals surface area contributed by atoms with Gasteiger partial charge in [-0.2, -0.15) is 0 Å². The van der Waals surface area contributed by atoms with Crippen LogP contribution in [0.3, 0.4) is 0 Å². The van der Waals surface area contributed by atoms with E-state index in [1.165, 1.54) is 18.4 Å². The van der Waals surface area contributed by atoms with Crippen LogP contribution in [0, 0.1) is 5.92 Å². The third-order valence-corrected chi connectivity index (χ3v) is 3.10. The highest BCUT2D eigenvalue weighted by atomic mass is 35.5. The fraction of sp³-hybridized carbons (Fsp3) is 0.583. The highest BCUT2D eigenvalue weighted by Crippen LogP contribution is 2.20. The normalized spacial score (nSPS) is 17.7. The summed E-state index contributed by atoms with van der Waals surface area (Å²) in [6.07, 6.45) is 7.26. The van der Waals surface area contributed by atoms with E-state index < -0.39 is 0 Å². The van der Waals surface area contributed by atoms with Gasteiger partial charge in [0.05, 0.1) is 5.02 Å². The molecule has 0 radical (unpaired) electrons. The van der Waals surface area contributed by atoms with Gasteiger partial charge in [-0.05, 0) is 43.4 Å². The Hall–Kier alpha value is -0.600. The van der Waals surface area contributed by atoms with Crippen molar-refractivity contribution in [2.45, 2.75) is 32.2 Å². The highest BCUT2D eigenvalue weighted by Gasteiger charge is 2.20. The molecule has 1 aliphatic rings. The topological polar surface area (TPSA) is 24.9 Å². The Labute approximate surface area is 96.1 Å². The summed E-state index contributed by atoms with van der Waals surface area (Å²) in [5.74, 6) is 0.630. The zero-order valence-electron chi connectivity index (χ0n) is 9.04. The van der Waals surface area contributed by atoms with Crippen LogP contribution in [-0.4, -0.2) is 17.6 Å². The van der Waals surface area contributed by atoms with E-state index in [0.29, 0.717) is 5.92 Å². The van der Waals surface area contributed by atoms with Crippen LogP contribution < -0.4 is 5.32 Å². The maximum Gasteiger partial charge on any atom is 0.0621 e. The van der Waals surface area contributed by atoms with Crippen molar-refractivity contribution in [2.24, 2.45) is 5.92 Å². The number of halogens is 1. The average molecular weight is 225 g/mol. The lowest BCUT2D eigenvalue weighted by Gasteiger charge is -2.12. The molecular formula is C12H17ClN2. The minimum Gasteiger partial charge on any atom is -0.314 e. The summed E-state index contributed by atoms with van der Waals surface area (Å²) in [6, 6.07) is 2.80. The molecule has 1 heterocycles. The van der Waals surface area contributed by atoms with E-state index in [2.05, 4.69) is 17.2 Å². The van der Waals surface area contributed by atoms with Gasteiger partial charge < -0.3 is 5.32 Å². The molecule has 2 nitrogen and oxygen atoms in total. The van der Waals surface area contributed by atoms with Gasteiger partial charge in [-0.15, -0.1) is 0 Å². The van der Waals surface area contributed by atoms with Crippen molar-refractivity contribution in [3.63, 3.8) is 0 Å². The number of aromatic nitrogens is 1. The number of rotatable bonds is 5. The van der Waals surface area contributed by atoms with Crippen LogP contribution in [0.5, 0.6) is 0 Å². The van der Waals surface area contributed by atoms with Crippen LogP contribution in [0.15, 0.2) is 18.5 Å². The third-order valence-electron chi connectivity index (χ3n) is 2.76. The van der Waals surface area contributed by atoms with E-state index in [1.54, 1.807) is 6.20 Å². The predicted molar refractivity (Wildman–Crippen MR) is 63.1 cm³/mol. The summed E-state index contributed by atoms with van der Waals surface area (Å²) in [6.45, 7) is 3.34. The molecule has 1 unspecified atom stereocenters. The van der Waals surface area contributed by atoms with Crippen molar-refractivity contribution < 1.29 is 0 Å². The van der Waals surface area contributed by atoms with E-state index in [1.807, 2.05) is 12.3 Å². The maximum absolute atomic E-state index is 6.06. The fourth-order valence-electron chi connectivity index (χ4n) is 1.67. The van der Waals surface area contributed by atoms with Gasteiger partial charge in [0, 0.05) is 18.4 Å². The van der Waals surface area contributed by atoms with Gasteiger partial charge in [0.2, 0.25) is 0 Å². The molecule has 1 atom stereocenters. The Bertz CT molecular complexity index is 323. The molecule has 1 aromatic heterocycles. The van der Waals surface area contributed by atoms with Gasteiger partial charge in [0.1, 0.15) is 0 Å². The molecule has 1 saturated carbocycles. The van der Waals surface area contributed by atoms with E-state index in [0.717, 1.165) is 24.0 Å². The largest absolute Gasteiger partial charge is 0.314 e. The number of nitrogens with one attached hydrogen (secondary N) is 1. The first-order valence-electron chi connectivity index (χ1n) is 5.57. The van der Waals surface area contributed by atoms with Gasteiger partial charge >= 0.3 is 0 Å². The highest BCUT2D eigenvalue weighted by molar-refractivity contribution is 6.31. The molecule has 0 bridgehead atoms. The van der Waals surface area contributed by atoms with Gasteiger partial charge in [-0.25, -0.2) is 0 Å². The number of hydrogen-bond donors (Lipinski definition) is 1. The molecular weight excluding hydrogens is 208 g/mol. The van der Waals surface area contributed by atoms with Crippen molar-refractivity contribution in [1.29, 1.82) is 0 Å². The fourth-order valence-corrected chi connectivity index (χ4v) is 1.87. The third kappa shape index (κ3) is 3.47. The number of pyridine rings is 1. The molecule has 2 rings (SSSR count). The van der Waals surface area contributed by atoms with E-state index in [9.17, 15) is 0 Å². The molecule has 1 N–H and O–H groups in total. The van der Waals surface area contributed by atoms with Crippen LogP contribution in [0.4, 0.5) is 0 Å². The van der Waals surface area contributed by atoms with Crippen molar-refractivity contribution in [3.05, 3.63) is 29.0 Å². The smallest absolute Gasteiger partial charge is 0.0621 e. The molecule has 1 aromatic rings. The summed E-state index contributed by atoms with van der Waals surface area (Å²) >= 11 is 6.06. The maximum atomic E-state index is 6.06. The zero-order chi connectivity index (χ0) is 10.7. The second kappa shape index (κ2) is 4.95. The summed E-state index contributed by atoms with van der Waals surface area (Å²) in [5, 5.41) is 4.33. The summed E-state index contributed by atoms with van der Waals surface area (Å²) in [5.41, 5.74) is 1.21. The van der Waals surface area contributed by atoms with E-state index in [-0.39, 0.29) is 0 Å². The van der Waals surface area contributed by atoms with E-state index in [4.69, 9.17) is 11.6 Å². The lowest BCUT2D eigenvalue weighted by Crippen LogP contribution is -2.24. The first kappa shape index (κ1) is 10.9. The van der Waals surface area contributed by atoms with Crippen LogP contribution in [0.25, 0.3) is 0 Å². The molecule has 0 amide bonds. The summed E-state index contributed by atoms with van der Waals surface area (Å²) in [4.78, 5) is 3.99. The van der Waals surface area contributed by atoms with Crippen LogP contribution in [0.2, 0.25) is 5.02 Å². The van der Waals surface area contributed by atoms with Gasteiger partial charge in [-0.3, -0.25) is 4.98 Å². The van der Waals surface area contributed by atoms with Crippen molar-refractivity contribution in [3.8, 4) is 0 Å². The molecule has 1 fully saturated rings. The first-order valence-corrected chi connectivity index (χ1v) is 5.95. The SMILES string of the molecule is CC(CNC1CC1)Cc1ccncc1Cl. The quantitative estimate of drug-likeness (QED) is 0.832. The number of hydrogen-bond acceptors (Lipinski definition) is 2. The van der Waals surface area contributed by atoms with Crippen molar-refractivity contribution in [1.82, 2.24) is 10.3 Å². The molecule has 0 aromatic carbocycles. The lowest BCUT2D eigenvalue weighted by atomic mass is 10.0. The Morgan fingerprint density at radius 3 is 3.07 bits per heavy atom. The minimum absolute atomic E-state index is 0.630. The predicted octanol–water partition coefficient (Wildman–Crippen LogP) is 2.67. The van der Waals surface area contributed by atoms with Crippen molar-refractivity contribution in [2.75, 3.05) is 6.54 Å². The van der Waals surface area contributed by atoms with Gasteiger partial charge in [0.25, 0.3) is 0 Å². The van der Waals surface area contributed by atoms with Crippen LogP contribution in [0.1, 0.15) is 25.3 Å². The first-order chi connectivity index (χ1) is 7.25. The summed E-state index contributed by atoms with van der Waals surface area (Å²) < 4.78 is 0. The van der Waals surface area contributed by atoms with Crippen LogP contribution >= 0.6 is 11.6 Å². The second-order valence-corrected chi connectivity index (χ2v) is 4.87. The van der Waals surface area contributed by atoms with Gasteiger partial charge in [0.15, 0.2) is 0 Å². The van der Waals surface area contributed by atoms with Gasteiger partial charge in [-0.1, -0.05) is 18.5 Å². The Morgan fingerprint density at radius 2 is 2.40 bits per heavy atom. The monoisotopic (exact) mass is 224 g/mol. The Balaban J connectivity index is 1.81. The van der Waals surface area contributed by atoms with Crippen molar-refractivity contribution >= 4 is 11.6 Å². The second-order valence-electron chi connectivity index (χ2n) is 4.46. The Morgan fingerprint density at radius 1 is 1.60 bits per heavy atom. The van der Waals surface area contributed by atoms with Crippen LogP contribution in [-0.2, 0) is 6.42 Å². The molecule has 0 spiro atoms. The molecule has 82 valence electrons. The summed E-state index contributed by atoms with van der Waals surface area (Å²) in [7, 11) is 0. The molecule has 0 saturated heterocycles. The number of nitrogens with zero attached hydrogens (tertiary/aromatic N) is 1. The molecule has 1 aliphatic carbocycles. The standard InChI is InChI=1S/C12H17ClN2/c1-9(7-15-11-2-3-11)6-10-4-5-14-8-12(10)13/h4-5,8-9,11,15H,2-3,6-7H2,1H3. The Kier molecular flexibility index (Phi) is 3.60. The zero-order valence-corrected chi connectivity index (χ0v) is 9.80. The lowest BCUT2D eigenvalue weighted by molar-refractivity contribution is 0.509. The molecule has 15 heavy (non-hydrogen) atoms. The molecule has 3 heteroatoms. The average Bonchev–Trinajstić information content (AvgIpc) is 3.02.